The van der Waals surface area contributed by atoms with Gasteiger partial charge in [0.25, 0.3) is 0 Å². The second kappa shape index (κ2) is 5.54. The lowest BCUT2D eigenvalue weighted by Gasteiger charge is -2.32. The molecule has 2 aliphatic heterocycles. The lowest BCUT2D eigenvalue weighted by molar-refractivity contribution is 0.415. The maximum atomic E-state index is 12.3. The van der Waals surface area contributed by atoms with Crippen molar-refractivity contribution in [1.82, 2.24) is 0 Å². The summed E-state index contributed by atoms with van der Waals surface area (Å²) in [4.78, 5) is 0. The van der Waals surface area contributed by atoms with Crippen molar-refractivity contribution in [2.75, 3.05) is 7.11 Å². The summed E-state index contributed by atoms with van der Waals surface area (Å²) in [5.41, 5.74) is 2.67. The van der Waals surface area contributed by atoms with Crippen LogP contribution in [0.15, 0.2) is 42.5 Å². The molecule has 2 aromatic carbocycles. The Kier molecular flexibility index (Phi) is 3.53. The van der Waals surface area contributed by atoms with Gasteiger partial charge in [0.1, 0.15) is 5.75 Å². The quantitative estimate of drug-likeness (QED) is 0.826. The summed E-state index contributed by atoms with van der Waals surface area (Å²) in [6.45, 7) is 0. The smallest absolute Gasteiger partial charge is 0.119 e. The number of allylic oxidation sites excluding steroid dienone is 1. The first-order chi connectivity index (χ1) is 10.7. The minimum atomic E-state index is -0.655. The Labute approximate surface area is 133 Å². The zero-order valence-corrected chi connectivity index (χ0v) is 13.6. The fourth-order valence-electron chi connectivity index (χ4n) is 3.66. The van der Waals surface area contributed by atoms with Gasteiger partial charge in [0.15, 0.2) is 0 Å². The molecule has 1 saturated heterocycles. The second-order valence-corrected chi connectivity index (χ2v) is 8.17. The number of ether oxygens (including phenoxy) is 1. The minimum absolute atomic E-state index is 0.272. The van der Waals surface area contributed by atoms with Gasteiger partial charge in [-0.15, -0.1) is 0 Å². The van der Waals surface area contributed by atoms with Gasteiger partial charge in [0.2, 0.25) is 0 Å². The molecule has 22 heavy (non-hydrogen) atoms. The van der Waals surface area contributed by atoms with Crippen LogP contribution in [-0.4, -0.2) is 21.8 Å². The highest BCUT2D eigenvalue weighted by Crippen LogP contribution is 2.37. The third-order valence-corrected chi connectivity index (χ3v) is 6.92. The van der Waals surface area contributed by atoms with Crippen molar-refractivity contribution in [3.8, 4) is 5.75 Å². The number of fused-ring (bicyclic) bond motifs is 3. The Morgan fingerprint density at radius 3 is 2.73 bits per heavy atom. The zero-order valence-electron chi connectivity index (χ0n) is 12.7. The molecule has 0 radical (unpaired) electrons. The van der Waals surface area contributed by atoms with E-state index in [1.807, 2.05) is 6.07 Å². The van der Waals surface area contributed by atoms with Crippen LogP contribution < -0.4 is 4.74 Å². The fraction of sp³-hybridized carbons (Fsp3) is 0.368. The highest BCUT2D eigenvalue weighted by Gasteiger charge is 2.33. The van der Waals surface area contributed by atoms with Gasteiger partial charge in [-0.3, -0.25) is 4.21 Å². The van der Waals surface area contributed by atoms with Crippen LogP contribution in [-0.2, 0) is 10.8 Å². The Morgan fingerprint density at radius 1 is 1.09 bits per heavy atom. The van der Waals surface area contributed by atoms with E-state index in [0.717, 1.165) is 25.0 Å². The average molecular weight is 312 g/mol. The minimum Gasteiger partial charge on any atom is -0.497 e. The van der Waals surface area contributed by atoms with Gasteiger partial charge in [-0.25, -0.2) is 0 Å². The van der Waals surface area contributed by atoms with E-state index in [2.05, 4.69) is 36.4 Å². The molecule has 2 heterocycles. The molecule has 2 aliphatic rings. The van der Waals surface area contributed by atoms with Crippen molar-refractivity contribution in [1.29, 1.82) is 0 Å². The largest absolute Gasteiger partial charge is 0.497 e. The van der Waals surface area contributed by atoms with Crippen LogP contribution >= 0.6 is 0 Å². The Balaban J connectivity index is 1.73. The molecule has 2 aromatic rings. The summed E-state index contributed by atoms with van der Waals surface area (Å²) in [5, 5.41) is 3.07. The standard InChI is InChI=1S/C19H20O2S/c1-21-17-8-7-13-9-14(5-6-15(13)10-17)16-11-18-3-2-4-19(12-16)22(18)20/h5-11,18-19H,2-4,12H2,1H3. The van der Waals surface area contributed by atoms with E-state index in [4.69, 9.17) is 4.74 Å². The van der Waals surface area contributed by atoms with Gasteiger partial charge >= 0.3 is 0 Å². The topological polar surface area (TPSA) is 26.3 Å². The number of benzene rings is 2. The van der Waals surface area contributed by atoms with E-state index in [-0.39, 0.29) is 5.25 Å². The van der Waals surface area contributed by atoms with Gasteiger partial charge in [-0.05, 0) is 59.4 Å². The summed E-state index contributed by atoms with van der Waals surface area (Å²) < 4.78 is 17.6. The lowest BCUT2D eigenvalue weighted by Crippen LogP contribution is -2.33. The van der Waals surface area contributed by atoms with Gasteiger partial charge in [0, 0.05) is 16.0 Å². The monoisotopic (exact) mass is 312 g/mol. The zero-order chi connectivity index (χ0) is 15.1. The highest BCUT2D eigenvalue weighted by atomic mass is 32.2. The highest BCUT2D eigenvalue weighted by molar-refractivity contribution is 7.86. The van der Waals surface area contributed by atoms with E-state index in [1.54, 1.807) is 7.11 Å². The molecule has 114 valence electrons. The van der Waals surface area contributed by atoms with Crippen LogP contribution in [0.5, 0.6) is 5.75 Å². The Morgan fingerprint density at radius 2 is 1.91 bits per heavy atom. The molecule has 0 N–H and O–H groups in total. The normalized spacial score (nSPS) is 27.5. The molecule has 3 unspecified atom stereocenters. The van der Waals surface area contributed by atoms with E-state index >= 15 is 0 Å². The summed E-state index contributed by atoms with van der Waals surface area (Å²) >= 11 is 0. The van der Waals surface area contributed by atoms with Crippen LogP contribution in [0.4, 0.5) is 0 Å². The Bertz CT molecular complexity index is 778. The Hall–Kier alpha value is -1.61. The first-order valence-electron chi connectivity index (χ1n) is 7.93. The first kappa shape index (κ1) is 14.0. The second-order valence-electron chi connectivity index (χ2n) is 6.24. The van der Waals surface area contributed by atoms with Crippen molar-refractivity contribution >= 4 is 27.1 Å². The lowest BCUT2D eigenvalue weighted by atomic mass is 9.92. The molecule has 0 saturated carbocycles. The summed E-state index contributed by atoms with van der Waals surface area (Å²) in [5.74, 6) is 0.891. The van der Waals surface area contributed by atoms with Crippen LogP contribution in [0.1, 0.15) is 31.2 Å². The molecular weight excluding hydrogens is 292 g/mol. The molecule has 2 bridgehead atoms. The van der Waals surface area contributed by atoms with Crippen molar-refractivity contribution in [2.45, 2.75) is 36.2 Å². The summed E-state index contributed by atoms with van der Waals surface area (Å²) in [6.07, 6.45) is 6.66. The maximum absolute atomic E-state index is 12.3. The summed E-state index contributed by atoms with van der Waals surface area (Å²) in [6, 6.07) is 12.8. The predicted octanol–water partition coefficient (Wildman–Crippen LogP) is 4.31. The molecule has 4 rings (SSSR count). The third kappa shape index (κ3) is 2.38. The molecule has 2 nitrogen and oxygen atoms in total. The third-order valence-electron chi connectivity index (χ3n) is 4.89. The van der Waals surface area contributed by atoms with Crippen molar-refractivity contribution in [3.05, 3.63) is 48.0 Å². The van der Waals surface area contributed by atoms with Crippen LogP contribution in [0.3, 0.4) is 0 Å². The van der Waals surface area contributed by atoms with Crippen molar-refractivity contribution in [2.24, 2.45) is 0 Å². The van der Waals surface area contributed by atoms with Gasteiger partial charge in [-0.2, -0.15) is 0 Å². The summed E-state index contributed by atoms with van der Waals surface area (Å²) in [7, 11) is 1.04. The SMILES string of the molecule is COc1ccc2cc(C3=CC4CCCC(C3)S4=O)ccc2c1. The molecule has 0 amide bonds. The molecule has 0 spiro atoms. The van der Waals surface area contributed by atoms with Gasteiger partial charge < -0.3 is 4.74 Å². The van der Waals surface area contributed by atoms with Gasteiger partial charge in [0.05, 0.1) is 12.4 Å². The van der Waals surface area contributed by atoms with Crippen molar-refractivity contribution in [3.63, 3.8) is 0 Å². The maximum Gasteiger partial charge on any atom is 0.119 e. The number of methoxy groups -OCH3 is 1. The van der Waals surface area contributed by atoms with E-state index in [1.165, 1.54) is 28.3 Å². The molecule has 1 fully saturated rings. The van der Waals surface area contributed by atoms with Crippen LogP contribution in [0, 0.1) is 0 Å². The number of hydrogen-bond acceptors (Lipinski definition) is 2. The molecule has 0 aliphatic carbocycles. The average Bonchev–Trinajstić information content (AvgIpc) is 2.53. The first-order valence-corrected chi connectivity index (χ1v) is 9.20. The van der Waals surface area contributed by atoms with Crippen LogP contribution in [0.2, 0.25) is 0 Å². The fourth-order valence-corrected chi connectivity index (χ4v) is 5.60. The van der Waals surface area contributed by atoms with Gasteiger partial charge in [-0.1, -0.05) is 30.7 Å². The van der Waals surface area contributed by atoms with Crippen molar-refractivity contribution < 1.29 is 8.95 Å². The molecular formula is C19H20O2S. The van der Waals surface area contributed by atoms with E-state index < -0.39 is 10.8 Å². The number of rotatable bonds is 2. The predicted molar refractivity (Wildman–Crippen MR) is 92.7 cm³/mol. The van der Waals surface area contributed by atoms with E-state index in [9.17, 15) is 4.21 Å². The molecule has 0 aromatic heterocycles. The number of hydrogen-bond donors (Lipinski definition) is 0. The van der Waals surface area contributed by atoms with E-state index in [0.29, 0.717) is 5.25 Å². The molecule has 3 atom stereocenters. The van der Waals surface area contributed by atoms with Crippen LogP contribution in [0.25, 0.3) is 16.3 Å². The molecule has 3 heteroatoms.